The summed E-state index contributed by atoms with van der Waals surface area (Å²) < 4.78 is 0. The molecule has 0 saturated heterocycles. The van der Waals surface area contributed by atoms with E-state index in [2.05, 4.69) is 51.2 Å². The Kier molecular flexibility index (Phi) is 5.75. The number of rotatable bonds is 6. The number of aliphatic hydroxyl groups is 1. The van der Waals surface area contributed by atoms with E-state index in [0.29, 0.717) is 0 Å². The van der Waals surface area contributed by atoms with Gasteiger partial charge in [0.2, 0.25) is 0 Å². The lowest BCUT2D eigenvalue weighted by Gasteiger charge is -2.29. The molecule has 0 bridgehead atoms. The third kappa shape index (κ3) is 10.6. The van der Waals surface area contributed by atoms with Crippen molar-refractivity contribution in [1.29, 1.82) is 0 Å². The van der Waals surface area contributed by atoms with Gasteiger partial charge in [0.15, 0.2) is 0 Å². The zero-order valence-corrected chi connectivity index (χ0v) is 13.6. The molecule has 1 atom stereocenters. The smallest absolute Gasteiger partial charge is 0.0643 e. The summed E-state index contributed by atoms with van der Waals surface area (Å²) in [6.45, 7) is 14.9. The van der Waals surface area contributed by atoms with E-state index in [1.165, 1.54) is 6.17 Å². The van der Waals surface area contributed by atoms with Crippen LogP contribution < -0.4 is 0 Å². The van der Waals surface area contributed by atoms with E-state index in [-0.39, 0.29) is 6.10 Å². The van der Waals surface area contributed by atoms with Crippen LogP contribution in [0.25, 0.3) is 0 Å². The molecule has 0 fully saturated rings. The topological polar surface area (TPSA) is 23.5 Å². The Morgan fingerprint density at radius 2 is 1.47 bits per heavy atom. The van der Waals surface area contributed by atoms with E-state index in [9.17, 15) is 5.11 Å². The Balaban J connectivity index is 3.92. The molecule has 0 aliphatic heterocycles. The van der Waals surface area contributed by atoms with E-state index in [0.717, 1.165) is 12.6 Å². The van der Waals surface area contributed by atoms with Gasteiger partial charge in [0.1, 0.15) is 0 Å². The second kappa shape index (κ2) is 5.61. The van der Waals surface area contributed by atoms with Crippen LogP contribution in [0.1, 0.15) is 0 Å². The minimum atomic E-state index is -1.11. The number of hydrogen-bond donors (Lipinski definition) is 1. The minimum Gasteiger partial charge on any atom is -0.392 e. The first kappa shape index (κ1) is 15.4. The predicted molar refractivity (Wildman–Crippen MR) is 75.0 cm³/mol. The van der Waals surface area contributed by atoms with Crippen molar-refractivity contribution in [3.63, 3.8) is 0 Å². The third-order valence-corrected chi connectivity index (χ3v) is 5.30. The Bertz CT molecular complexity index is 164. The van der Waals surface area contributed by atoms with Crippen LogP contribution in [0.15, 0.2) is 0 Å². The highest BCUT2D eigenvalue weighted by atomic mass is 28.3. The molecule has 0 aliphatic carbocycles. The summed E-state index contributed by atoms with van der Waals surface area (Å²) in [5, 5.41) is 9.96. The maximum absolute atomic E-state index is 9.96. The van der Waals surface area contributed by atoms with E-state index < -0.39 is 16.1 Å². The van der Waals surface area contributed by atoms with E-state index in [4.69, 9.17) is 0 Å². The molecule has 0 heterocycles. The summed E-state index contributed by atoms with van der Waals surface area (Å²) in [6.07, 6.45) is 1.05. The second-order valence-electron chi connectivity index (χ2n) is 7.18. The number of aliphatic hydroxyl groups excluding tert-OH is 1. The van der Waals surface area contributed by atoms with Gasteiger partial charge in [-0.15, -0.1) is 0 Å². The Morgan fingerprint density at radius 1 is 1.00 bits per heavy atom. The van der Waals surface area contributed by atoms with Crippen molar-refractivity contribution >= 4 is 16.1 Å². The molecule has 0 radical (unpaired) electrons. The molecular formula is C11H29NOSi2. The predicted octanol–water partition coefficient (Wildman–Crippen LogP) is 2.49. The largest absolute Gasteiger partial charge is 0.392 e. The summed E-state index contributed by atoms with van der Waals surface area (Å²) >= 11 is 0. The molecule has 92 valence electrons. The highest BCUT2D eigenvalue weighted by molar-refractivity contribution is 6.76. The fraction of sp³-hybridized carbons (Fsp3) is 1.00. The van der Waals surface area contributed by atoms with Crippen LogP contribution in [0.5, 0.6) is 0 Å². The summed E-state index contributed by atoms with van der Waals surface area (Å²) in [4.78, 5) is 2.30. The van der Waals surface area contributed by atoms with Gasteiger partial charge in [-0.2, -0.15) is 0 Å². The van der Waals surface area contributed by atoms with Crippen molar-refractivity contribution in [3.8, 4) is 0 Å². The summed E-state index contributed by atoms with van der Waals surface area (Å²) in [6, 6.07) is 1.02. The van der Waals surface area contributed by atoms with Crippen LogP contribution >= 0.6 is 0 Å². The van der Waals surface area contributed by atoms with Gasteiger partial charge in [-0.25, -0.2) is 0 Å². The SMILES string of the molecule is CN(CC(O)C[Si](C)(C)C)C[Si](C)(C)C. The Morgan fingerprint density at radius 3 is 1.80 bits per heavy atom. The average Bonchev–Trinajstić information content (AvgIpc) is 1.73. The van der Waals surface area contributed by atoms with Crippen molar-refractivity contribution < 1.29 is 5.11 Å². The van der Waals surface area contributed by atoms with E-state index >= 15 is 0 Å². The normalized spacial score (nSPS) is 15.8. The van der Waals surface area contributed by atoms with Crippen LogP contribution in [0, 0.1) is 0 Å². The second-order valence-corrected chi connectivity index (χ2v) is 18.1. The van der Waals surface area contributed by atoms with Crippen molar-refractivity contribution in [3.05, 3.63) is 0 Å². The highest BCUT2D eigenvalue weighted by Gasteiger charge is 2.22. The summed E-state index contributed by atoms with van der Waals surface area (Å²) in [5.41, 5.74) is 0. The van der Waals surface area contributed by atoms with Gasteiger partial charge in [0.25, 0.3) is 0 Å². The van der Waals surface area contributed by atoms with Crippen molar-refractivity contribution in [2.75, 3.05) is 19.8 Å². The Labute approximate surface area is 97.7 Å². The first-order valence-electron chi connectivity index (χ1n) is 5.86. The van der Waals surface area contributed by atoms with Gasteiger partial charge >= 0.3 is 0 Å². The van der Waals surface area contributed by atoms with Gasteiger partial charge < -0.3 is 10.0 Å². The first-order valence-corrected chi connectivity index (χ1v) is 13.3. The van der Waals surface area contributed by atoms with E-state index in [1.807, 2.05) is 0 Å². The first-order chi connectivity index (χ1) is 6.49. The van der Waals surface area contributed by atoms with Crippen molar-refractivity contribution in [2.24, 2.45) is 0 Å². The van der Waals surface area contributed by atoms with Crippen molar-refractivity contribution in [2.45, 2.75) is 51.4 Å². The number of likely N-dealkylation sites (N-methyl/N-ethyl adjacent to an activating group) is 1. The van der Waals surface area contributed by atoms with Gasteiger partial charge in [-0.1, -0.05) is 39.3 Å². The molecule has 0 aromatic carbocycles. The molecule has 0 spiro atoms. The average molecular weight is 248 g/mol. The van der Waals surface area contributed by atoms with Gasteiger partial charge in [0.05, 0.1) is 14.2 Å². The van der Waals surface area contributed by atoms with Crippen molar-refractivity contribution in [1.82, 2.24) is 4.90 Å². The van der Waals surface area contributed by atoms with Crippen LogP contribution in [0.4, 0.5) is 0 Å². The molecule has 0 aromatic heterocycles. The van der Waals surface area contributed by atoms with Crippen LogP contribution in [0.3, 0.4) is 0 Å². The fourth-order valence-electron chi connectivity index (χ4n) is 2.01. The lowest BCUT2D eigenvalue weighted by atomic mass is 10.4. The molecule has 1 N–H and O–H groups in total. The summed E-state index contributed by atoms with van der Waals surface area (Å²) in [7, 11) is -0.0000887. The number of nitrogens with zero attached hydrogens (tertiary/aromatic N) is 1. The highest BCUT2D eigenvalue weighted by Crippen LogP contribution is 2.12. The zero-order chi connectivity index (χ0) is 12.3. The van der Waals surface area contributed by atoms with Gasteiger partial charge in [-0.3, -0.25) is 0 Å². The van der Waals surface area contributed by atoms with E-state index in [1.54, 1.807) is 0 Å². The lowest BCUT2D eigenvalue weighted by molar-refractivity contribution is 0.148. The molecule has 0 saturated carbocycles. The lowest BCUT2D eigenvalue weighted by Crippen LogP contribution is -2.42. The maximum atomic E-state index is 9.96. The Hall–Kier alpha value is 0.354. The molecule has 0 amide bonds. The standard InChI is InChI=1S/C11H29NOSi2/c1-12(10-15(5,6)7)8-11(13)9-14(2,3)4/h11,13H,8-10H2,1-7H3. The van der Waals surface area contributed by atoms with Crippen LogP contribution in [-0.2, 0) is 0 Å². The van der Waals surface area contributed by atoms with Crippen LogP contribution in [-0.4, -0.2) is 52.0 Å². The molecule has 1 unspecified atom stereocenters. The number of hydrogen-bond acceptors (Lipinski definition) is 2. The molecule has 4 heteroatoms. The quantitative estimate of drug-likeness (QED) is 0.729. The van der Waals surface area contributed by atoms with Gasteiger partial charge in [0, 0.05) is 14.6 Å². The van der Waals surface area contributed by atoms with Gasteiger partial charge in [-0.05, 0) is 19.3 Å². The maximum Gasteiger partial charge on any atom is 0.0643 e. The molecule has 15 heavy (non-hydrogen) atoms. The molecule has 0 rings (SSSR count). The zero-order valence-electron chi connectivity index (χ0n) is 11.6. The molecular weight excluding hydrogens is 218 g/mol. The third-order valence-electron chi connectivity index (χ3n) is 2.11. The molecule has 0 aliphatic rings. The summed E-state index contributed by atoms with van der Waals surface area (Å²) in [5.74, 6) is 0. The minimum absolute atomic E-state index is 0.127. The monoisotopic (exact) mass is 247 g/mol. The molecule has 0 aromatic rings. The van der Waals surface area contributed by atoms with Crippen LogP contribution in [0.2, 0.25) is 45.3 Å². The molecule has 2 nitrogen and oxygen atoms in total. The fourth-order valence-corrected chi connectivity index (χ4v) is 5.30.